The molecule has 1 atom stereocenters. The summed E-state index contributed by atoms with van der Waals surface area (Å²) in [6, 6.07) is 7.40. The summed E-state index contributed by atoms with van der Waals surface area (Å²) in [6.07, 6.45) is 8.19. The average Bonchev–Trinajstić information content (AvgIpc) is 2.99. The van der Waals surface area contributed by atoms with Gasteiger partial charge in [-0.2, -0.15) is 0 Å². The normalized spacial score (nSPS) is 20.9. The molecule has 19 heavy (non-hydrogen) atoms. The maximum atomic E-state index is 3.75. The average molecular weight is 258 g/mol. The molecular formula is C17H26N2. The molecule has 1 aliphatic carbocycles. The highest BCUT2D eigenvalue weighted by molar-refractivity contribution is 5.59. The lowest BCUT2D eigenvalue weighted by Gasteiger charge is -2.24. The van der Waals surface area contributed by atoms with Crippen LogP contribution in [-0.4, -0.2) is 12.6 Å². The molecule has 2 aliphatic rings. The molecule has 0 amide bonds. The van der Waals surface area contributed by atoms with Crippen molar-refractivity contribution in [3.8, 4) is 0 Å². The van der Waals surface area contributed by atoms with E-state index in [-0.39, 0.29) is 0 Å². The second-order valence-electron chi connectivity index (χ2n) is 6.20. The zero-order valence-corrected chi connectivity index (χ0v) is 12.0. The lowest BCUT2D eigenvalue weighted by molar-refractivity contribution is 0.380. The van der Waals surface area contributed by atoms with E-state index in [1.165, 1.54) is 55.3 Å². The first-order valence-corrected chi connectivity index (χ1v) is 7.92. The van der Waals surface area contributed by atoms with Crippen LogP contribution in [-0.2, 0) is 13.0 Å². The van der Waals surface area contributed by atoms with Gasteiger partial charge in [0, 0.05) is 24.8 Å². The lowest BCUT2D eigenvalue weighted by Crippen LogP contribution is -2.32. The number of rotatable bonds is 4. The smallest absolute Gasteiger partial charge is 0.0418 e. The van der Waals surface area contributed by atoms with Gasteiger partial charge in [0.05, 0.1) is 0 Å². The van der Waals surface area contributed by atoms with Crippen molar-refractivity contribution >= 4 is 5.69 Å². The number of fused-ring (bicyclic) bond motifs is 1. The molecule has 0 radical (unpaired) electrons. The summed E-state index contributed by atoms with van der Waals surface area (Å²) in [4.78, 5) is 0. The van der Waals surface area contributed by atoms with Crippen LogP contribution in [0.15, 0.2) is 18.2 Å². The van der Waals surface area contributed by atoms with Gasteiger partial charge in [0.25, 0.3) is 0 Å². The predicted octanol–water partition coefficient (Wildman–Crippen LogP) is 3.71. The van der Waals surface area contributed by atoms with Crippen molar-refractivity contribution in [3.63, 3.8) is 0 Å². The molecule has 1 aliphatic heterocycles. The maximum absolute atomic E-state index is 3.75. The summed E-state index contributed by atoms with van der Waals surface area (Å²) < 4.78 is 0. The fourth-order valence-electron chi connectivity index (χ4n) is 3.62. The molecule has 2 N–H and O–H groups in total. The molecule has 1 aromatic carbocycles. The number of hydrogen-bond donors (Lipinski definition) is 2. The Morgan fingerprint density at radius 2 is 2.11 bits per heavy atom. The zero-order chi connectivity index (χ0) is 13.1. The SMILES string of the molecule is C[C@@H](NCc1cccc2c1NCCC2)C1CCCC1. The van der Waals surface area contributed by atoms with Crippen molar-refractivity contribution in [2.45, 2.75) is 58.0 Å². The van der Waals surface area contributed by atoms with Gasteiger partial charge in [-0.15, -0.1) is 0 Å². The molecule has 0 aromatic heterocycles. The molecule has 104 valence electrons. The van der Waals surface area contributed by atoms with Gasteiger partial charge in [0.2, 0.25) is 0 Å². The molecule has 2 heteroatoms. The van der Waals surface area contributed by atoms with Gasteiger partial charge in [-0.25, -0.2) is 0 Å². The Labute approximate surface area is 117 Å². The Hall–Kier alpha value is -1.02. The molecule has 1 heterocycles. The van der Waals surface area contributed by atoms with Crippen molar-refractivity contribution in [1.29, 1.82) is 0 Å². The van der Waals surface area contributed by atoms with Crippen molar-refractivity contribution in [1.82, 2.24) is 5.32 Å². The summed E-state index contributed by atoms with van der Waals surface area (Å²) in [7, 11) is 0. The van der Waals surface area contributed by atoms with Gasteiger partial charge in [0.15, 0.2) is 0 Å². The third-order valence-electron chi connectivity index (χ3n) is 4.88. The van der Waals surface area contributed by atoms with Gasteiger partial charge in [0.1, 0.15) is 0 Å². The molecular weight excluding hydrogens is 232 g/mol. The number of aryl methyl sites for hydroxylation is 1. The monoisotopic (exact) mass is 258 g/mol. The van der Waals surface area contributed by atoms with E-state index in [1.54, 1.807) is 0 Å². The topological polar surface area (TPSA) is 24.1 Å². The van der Waals surface area contributed by atoms with Crippen LogP contribution in [0.3, 0.4) is 0 Å². The largest absolute Gasteiger partial charge is 0.385 e. The molecule has 1 fully saturated rings. The minimum Gasteiger partial charge on any atom is -0.385 e. The van der Waals surface area contributed by atoms with Gasteiger partial charge >= 0.3 is 0 Å². The number of para-hydroxylation sites is 1. The molecule has 0 bridgehead atoms. The second kappa shape index (κ2) is 5.96. The van der Waals surface area contributed by atoms with Crippen molar-refractivity contribution in [2.24, 2.45) is 5.92 Å². The Morgan fingerprint density at radius 3 is 2.95 bits per heavy atom. The van der Waals surface area contributed by atoms with Crippen LogP contribution in [0.4, 0.5) is 5.69 Å². The van der Waals surface area contributed by atoms with Gasteiger partial charge < -0.3 is 10.6 Å². The first-order chi connectivity index (χ1) is 9.34. The zero-order valence-electron chi connectivity index (χ0n) is 12.0. The van der Waals surface area contributed by atoms with Crippen LogP contribution in [0.2, 0.25) is 0 Å². The van der Waals surface area contributed by atoms with E-state index < -0.39 is 0 Å². The Kier molecular flexibility index (Phi) is 4.07. The van der Waals surface area contributed by atoms with Crippen LogP contribution in [0.1, 0.15) is 50.2 Å². The van der Waals surface area contributed by atoms with Crippen LogP contribution in [0.25, 0.3) is 0 Å². The minimum atomic E-state index is 0.655. The Morgan fingerprint density at radius 1 is 1.26 bits per heavy atom. The van der Waals surface area contributed by atoms with E-state index in [9.17, 15) is 0 Å². The molecule has 1 saturated carbocycles. The van der Waals surface area contributed by atoms with Crippen molar-refractivity contribution < 1.29 is 0 Å². The van der Waals surface area contributed by atoms with Crippen LogP contribution >= 0.6 is 0 Å². The Balaban J connectivity index is 1.63. The fraction of sp³-hybridized carbons (Fsp3) is 0.647. The molecule has 1 aromatic rings. The van der Waals surface area contributed by atoms with Crippen molar-refractivity contribution in [2.75, 3.05) is 11.9 Å². The van der Waals surface area contributed by atoms with Crippen LogP contribution in [0.5, 0.6) is 0 Å². The van der Waals surface area contributed by atoms with E-state index in [2.05, 4.69) is 35.8 Å². The van der Waals surface area contributed by atoms with Gasteiger partial charge in [-0.1, -0.05) is 31.0 Å². The first-order valence-electron chi connectivity index (χ1n) is 7.92. The Bertz CT molecular complexity index is 421. The third kappa shape index (κ3) is 2.94. The molecule has 3 rings (SSSR count). The first kappa shape index (κ1) is 13.0. The van der Waals surface area contributed by atoms with Crippen LogP contribution < -0.4 is 10.6 Å². The quantitative estimate of drug-likeness (QED) is 0.860. The summed E-state index contributed by atoms with van der Waals surface area (Å²) in [5, 5.41) is 7.34. The van der Waals surface area contributed by atoms with Gasteiger partial charge in [-0.3, -0.25) is 0 Å². The second-order valence-corrected chi connectivity index (χ2v) is 6.20. The number of benzene rings is 1. The number of hydrogen-bond acceptors (Lipinski definition) is 2. The highest BCUT2D eigenvalue weighted by Crippen LogP contribution is 2.29. The predicted molar refractivity (Wildman–Crippen MR) is 81.5 cm³/mol. The van der Waals surface area contributed by atoms with E-state index >= 15 is 0 Å². The summed E-state index contributed by atoms with van der Waals surface area (Å²) in [5.41, 5.74) is 4.35. The standard InChI is InChI=1S/C17H26N2/c1-13(14-6-2-3-7-14)19-12-16-9-4-8-15-10-5-11-18-17(15)16/h4,8-9,13-14,18-19H,2-3,5-7,10-12H2,1H3/t13-/m1/s1. The number of anilines is 1. The van der Waals surface area contributed by atoms with E-state index in [4.69, 9.17) is 0 Å². The summed E-state index contributed by atoms with van der Waals surface area (Å²) in [5.74, 6) is 0.896. The van der Waals surface area contributed by atoms with E-state index in [0.29, 0.717) is 6.04 Å². The molecule has 0 unspecified atom stereocenters. The highest BCUT2D eigenvalue weighted by Gasteiger charge is 2.21. The van der Waals surface area contributed by atoms with E-state index in [1.807, 2.05) is 0 Å². The fourth-order valence-corrected chi connectivity index (χ4v) is 3.62. The molecule has 0 saturated heterocycles. The maximum Gasteiger partial charge on any atom is 0.0418 e. The third-order valence-corrected chi connectivity index (χ3v) is 4.88. The van der Waals surface area contributed by atoms with Gasteiger partial charge in [-0.05, 0) is 49.7 Å². The highest BCUT2D eigenvalue weighted by atomic mass is 14.9. The van der Waals surface area contributed by atoms with E-state index in [0.717, 1.165) is 19.0 Å². The number of nitrogens with one attached hydrogen (secondary N) is 2. The molecule has 2 nitrogen and oxygen atoms in total. The van der Waals surface area contributed by atoms with Crippen molar-refractivity contribution in [3.05, 3.63) is 29.3 Å². The lowest BCUT2D eigenvalue weighted by atomic mass is 9.97. The summed E-state index contributed by atoms with van der Waals surface area (Å²) >= 11 is 0. The molecule has 0 spiro atoms. The van der Waals surface area contributed by atoms with Crippen LogP contribution in [0, 0.1) is 5.92 Å². The minimum absolute atomic E-state index is 0.655. The summed E-state index contributed by atoms with van der Waals surface area (Å²) in [6.45, 7) is 4.49.